The maximum Gasteiger partial charge on any atom is 0.277 e. The molecule has 0 spiro atoms. The zero-order valence-electron chi connectivity index (χ0n) is 15.5. The van der Waals surface area contributed by atoms with Crippen molar-refractivity contribution in [2.45, 2.75) is 25.5 Å². The number of fused-ring (bicyclic) bond motifs is 3. The minimum absolute atomic E-state index is 0.113. The van der Waals surface area contributed by atoms with E-state index in [9.17, 15) is 14.3 Å². The number of likely N-dealkylation sites (N-methyl/N-ethyl adjacent to an activating group) is 1. The molecule has 3 rings (SSSR count). The molecule has 0 saturated carbocycles. The molecule has 2 aromatic rings. The van der Waals surface area contributed by atoms with Crippen molar-refractivity contribution in [2.75, 3.05) is 20.7 Å². The number of hydrogen-bond donors (Lipinski definition) is 2. The largest absolute Gasteiger partial charge is 0.491 e. The van der Waals surface area contributed by atoms with Crippen LogP contribution in [0, 0.1) is 17.7 Å². The topological polar surface area (TPSA) is 88.7 Å². The molecule has 1 amide bonds. The van der Waals surface area contributed by atoms with E-state index in [-0.39, 0.29) is 23.2 Å². The number of primary amides is 1. The van der Waals surface area contributed by atoms with Gasteiger partial charge in [0.15, 0.2) is 5.01 Å². The highest BCUT2D eigenvalue weighted by atomic mass is 32.1. The van der Waals surface area contributed by atoms with Crippen LogP contribution in [-0.4, -0.2) is 47.2 Å². The van der Waals surface area contributed by atoms with Crippen LogP contribution in [0.3, 0.4) is 0 Å². The summed E-state index contributed by atoms with van der Waals surface area (Å²) in [5.74, 6) is 4.42. The van der Waals surface area contributed by atoms with Gasteiger partial charge in [0.1, 0.15) is 23.8 Å². The lowest BCUT2D eigenvalue weighted by molar-refractivity contribution is 0.1000. The van der Waals surface area contributed by atoms with Gasteiger partial charge in [-0.25, -0.2) is 9.37 Å². The average molecular weight is 389 g/mol. The van der Waals surface area contributed by atoms with E-state index in [1.165, 1.54) is 37.3 Å². The van der Waals surface area contributed by atoms with Crippen molar-refractivity contribution in [3.8, 4) is 28.8 Å². The van der Waals surface area contributed by atoms with E-state index in [4.69, 9.17) is 10.5 Å². The normalized spacial score (nSPS) is 15.9. The molecule has 3 N–H and O–H groups in total. The number of nitrogens with two attached hydrogens (primary N) is 1. The third-order valence-electron chi connectivity index (χ3n) is 4.01. The summed E-state index contributed by atoms with van der Waals surface area (Å²) in [7, 11) is 3.77. The summed E-state index contributed by atoms with van der Waals surface area (Å²) in [6.07, 6.45) is 0. The molecule has 1 atom stereocenters. The Morgan fingerprint density at radius 3 is 2.78 bits per heavy atom. The van der Waals surface area contributed by atoms with Gasteiger partial charge in [0.05, 0.1) is 22.2 Å². The molecule has 6 nitrogen and oxygen atoms in total. The monoisotopic (exact) mass is 389 g/mol. The van der Waals surface area contributed by atoms with E-state index in [0.29, 0.717) is 17.0 Å². The number of aromatic nitrogens is 1. The number of benzene rings is 1. The summed E-state index contributed by atoms with van der Waals surface area (Å²) in [6, 6.07) is 2.63. The van der Waals surface area contributed by atoms with Crippen LogP contribution in [0.5, 0.6) is 5.75 Å². The van der Waals surface area contributed by atoms with Crippen LogP contribution in [0.15, 0.2) is 12.1 Å². The molecule has 0 radical (unpaired) electrons. The Labute approximate surface area is 160 Å². The van der Waals surface area contributed by atoms with Gasteiger partial charge in [0.2, 0.25) is 0 Å². The molecule has 1 aromatic carbocycles. The Morgan fingerprint density at radius 2 is 2.19 bits per heavy atom. The number of halogens is 1. The van der Waals surface area contributed by atoms with E-state index in [1.807, 2.05) is 19.0 Å². The molecule has 1 aromatic heterocycles. The smallest absolute Gasteiger partial charge is 0.277 e. The van der Waals surface area contributed by atoms with Gasteiger partial charge >= 0.3 is 0 Å². The number of hydrogen-bond acceptors (Lipinski definition) is 6. The van der Waals surface area contributed by atoms with Gasteiger partial charge in [-0.15, -0.1) is 11.3 Å². The molecule has 0 aliphatic carbocycles. The van der Waals surface area contributed by atoms with Crippen LogP contribution in [-0.2, 0) is 0 Å². The molecule has 1 aliphatic rings. The highest BCUT2D eigenvalue weighted by molar-refractivity contribution is 7.14. The molecule has 1 aliphatic heterocycles. The minimum atomic E-state index is -1.25. The summed E-state index contributed by atoms with van der Waals surface area (Å²) < 4.78 is 20.3. The van der Waals surface area contributed by atoms with Crippen LogP contribution in [0.1, 0.15) is 40.1 Å². The Morgan fingerprint density at radius 1 is 1.48 bits per heavy atom. The lowest BCUT2D eigenvalue weighted by Gasteiger charge is -2.21. The van der Waals surface area contributed by atoms with Crippen LogP contribution in [0.2, 0.25) is 0 Å². The summed E-state index contributed by atoms with van der Waals surface area (Å²) in [4.78, 5) is 18.8. The second kappa shape index (κ2) is 6.93. The average Bonchev–Trinajstić information content (AvgIpc) is 2.92. The standard InChI is InChI=1S/C19H20FN3O3S/c1-19(2,25)6-5-10-7-11-14(8-12(10)20)26-9-13(23(3)4)16-15(11)22-18(27-16)17(21)24/h7-8,13,25H,9H2,1-4H3,(H2,21,24)/t13-/m1/s1. The van der Waals surface area contributed by atoms with Crippen LogP contribution in [0.4, 0.5) is 4.39 Å². The number of rotatable bonds is 2. The van der Waals surface area contributed by atoms with Gasteiger partial charge in [-0.2, -0.15) is 0 Å². The summed E-state index contributed by atoms with van der Waals surface area (Å²) in [5.41, 5.74) is 5.34. The SMILES string of the molecule is CN(C)[C@@H]1COc2cc(F)c(C#CC(C)(C)O)cc2-c2nc(C(N)=O)sc21. The number of amides is 1. The van der Waals surface area contributed by atoms with Gasteiger partial charge in [0.25, 0.3) is 5.91 Å². The van der Waals surface area contributed by atoms with Crippen molar-refractivity contribution >= 4 is 17.2 Å². The Bertz CT molecular complexity index is 967. The second-order valence-corrected chi connectivity index (χ2v) is 8.05. The summed E-state index contributed by atoms with van der Waals surface area (Å²) in [6.45, 7) is 3.31. The van der Waals surface area contributed by atoms with E-state index < -0.39 is 17.3 Å². The number of carbonyl (C=O) groups excluding carboxylic acids is 1. The zero-order chi connectivity index (χ0) is 19.9. The lowest BCUT2D eigenvalue weighted by Crippen LogP contribution is -2.24. The summed E-state index contributed by atoms with van der Waals surface area (Å²) in [5, 5.41) is 9.97. The van der Waals surface area contributed by atoms with Gasteiger partial charge in [0, 0.05) is 11.6 Å². The van der Waals surface area contributed by atoms with Crippen molar-refractivity contribution < 1.29 is 19.0 Å². The molecule has 0 saturated heterocycles. The maximum absolute atomic E-state index is 14.5. The third-order valence-corrected chi connectivity index (χ3v) is 5.19. The van der Waals surface area contributed by atoms with Crippen molar-refractivity contribution in [1.29, 1.82) is 0 Å². The molecule has 8 heteroatoms. The van der Waals surface area contributed by atoms with Crippen molar-refractivity contribution in [2.24, 2.45) is 5.73 Å². The minimum Gasteiger partial charge on any atom is -0.491 e. The highest BCUT2D eigenvalue weighted by Crippen LogP contribution is 2.43. The molecular formula is C19H20FN3O3S. The van der Waals surface area contributed by atoms with Crippen LogP contribution >= 0.6 is 11.3 Å². The Kier molecular flexibility index (Phi) is 4.95. The fourth-order valence-electron chi connectivity index (χ4n) is 2.66. The van der Waals surface area contributed by atoms with Gasteiger partial charge in [-0.3, -0.25) is 9.69 Å². The van der Waals surface area contributed by atoms with E-state index in [2.05, 4.69) is 16.8 Å². The van der Waals surface area contributed by atoms with E-state index >= 15 is 0 Å². The first-order valence-electron chi connectivity index (χ1n) is 8.26. The molecule has 0 unspecified atom stereocenters. The molecule has 142 valence electrons. The van der Waals surface area contributed by atoms with E-state index in [0.717, 1.165) is 4.88 Å². The van der Waals surface area contributed by atoms with Crippen molar-refractivity contribution in [3.05, 3.63) is 33.4 Å². The maximum atomic E-state index is 14.5. The first kappa shape index (κ1) is 19.3. The predicted octanol–water partition coefficient (Wildman–Crippen LogP) is 2.17. The first-order chi connectivity index (χ1) is 12.6. The Hall–Kier alpha value is -2.47. The first-order valence-corrected chi connectivity index (χ1v) is 9.07. The van der Waals surface area contributed by atoms with Gasteiger partial charge in [-0.05, 0) is 34.0 Å². The molecular weight excluding hydrogens is 369 g/mol. The van der Waals surface area contributed by atoms with Crippen LogP contribution in [0.25, 0.3) is 11.3 Å². The molecule has 0 bridgehead atoms. The highest BCUT2D eigenvalue weighted by Gasteiger charge is 2.30. The summed E-state index contributed by atoms with van der Waals surface area (Å²) >= 11 is 1.21. The number of ether oxygens (including phenoxy) is 1. The molecule has 2 heterocycles. The van der Waals surface area contributed by atoms with E-state index in [1.54, 1.807) is 0 Å². The third kappa shape index (κ3) is 3.95. The van der Waals surface area contributed by atoms with Crippen LogP contribution < -0.4 is 10.5 Å². The van der Waals surface area contributed by atoms with Gasteiger partial charge < -0.3 is 15.6 Å². The molecule has 27 heavy (non-hydrogen) atoms. The predicted molar refractivity (Wildman–Crippen MR) is 101 cm³/mol. The number of carbonyl (C=O) groups is 1. The van der Waals surface area contributed by atoms with Crippen molar-refractivity contribution in [3.63, 3.8) is 0 Å². The number of thiazole rings is 1. The number of aliphatic hydroxyl groups is 1. The van der Waals surface area contributed by atoms with Crippen molar-refractivity contribution in [1.82, 2.24) is 9.88 Å². The Balaban J connectivity index is 2.21. The second-order valence-electron chi connectivity index (χ2n) is 7.02. The quantitative estimate of drug-likeness (QED) is 0.769. The fraction of sp³-hybridized carbons (Fsp3) is 0.368. The van der Waals surface area contributed by atoms with Gasteiger partial charge in [-0.1, -0.05) is 11.8 Å². The molecule has 0 fully saturated rings. The fourth-order valence-corrected chi connectivity index (χ4v) is 3.77. The zero-order valence-corrected chi connectivity index (χ0v) is 16.3. The lowest BCUT2D eigenvalue weighted by atomic mass is 10.0. The number of nitrogens with zero attached hydrogens (tertiary/aromatic N) is 2.